The molecular weight excluding hydrogens is 235 g/mol. The second kappa shape index (κ2) is 5.89. The van der Waals surface area contributed by atoms with Crippen LogP contribution >= 0.6 is 11.3 Å². The molecule has 90 valence electrons. The standard InChI is InChI=1S/C13H15FN2S/c14-12-6-2-1-4-10(12)8-13-16-9-11(17-13)5-3-7-15/h1-2,4,6,9H,3,5,7-8,15H2. The van der Waals surface area contributed by atoms with Crippen LogP contribution in [0, 0.1) is 5.82 Å². The van der Waals surface area contributed by atoms with Crippen LogP contribution in [-0.4, -0.2) is 11.5 Å². The van der Waals surface area contributed by atoms with Crippen LogP contribution in [0.3, 0.4) is 0 Å². The molecule has 0 atom stereocenters. The van der Waals surface area contributed by atoms with Crippen LogP contribution in [-0.2, 0) is 12.8 Å². The first kappa shape index (κ1) is 12.2. The van der Waals surface area contributed by atoms with Crippen molar-refractivity contribution in [1.82, 2.24) is 4.98 Å². The topological polar surface area (TPSA) is 38.9 Å². The van der Waals surface area contributed by atoms with Gasteiger partial charge in [0.2, 0.25) is 0 Å². The summed E-state index contributed by atoms with van der Waals surface area (Å²) in [7, 11) is 0. The molecule has 0 radical (unpaired) electrons. The Balaban J connectivity index is 2.04. The highest BCUT2D eigenvalue weighted by Crippen LogP contribution is 2.19. The molecule has 0 bridgehead atoms. The van der Waals surface area contributed by atoms with Gasteiger partial charge in [-0.3, -0.25) is 0 Å². The number of thiazole rings is 1. The lowest BCUT2D eigenvalue weighted by atomic mass is 10.1. The monoisotopic (exact) mass is 250 g/mol. The maximum atomic E-state index is 13.4. The van der Waals surface area contributed by atoms with Crippen LogP contribution in [0.15, 0.2) is 30.5 Å². The molecule has 0 fully saturated rings. The van der Waals surface area contributed by atoms with Gasteiger partial charge in [-0.25, -0.2) is 9.37 Å². The molecule has 0 saturated carbocycles. The second-order valence-electron chi connectivity index (χ2n) is 3.88. The van der Waals surface area contributed by atoms with Crippen LogP contribution in [0.25, 0.3) is 0 Å². The fourth-order valence-electron chi connectivity index (χ4n) is 1.63. The van der Waals surface area contributed by atoms with Gasteiger partial charge in [0.25, 0.3) is 0 Å². The fourth-order valence-corrected chi connectivity index (χ4v) is 2.61. The van der Waals surface area contributed by atoms with Gasteiger partial charge in [-0.15, -0.1) is 11.3 Å². The number of nitrogens with zero attached hydrogens (tertiary/aromatic N) is 1. The first-order chi connectivity index (χ1) is 8.29. The van der Waals surface area contributed by atoms with Crippen LogP contribution < -0.4 is 5.73 Å². The Hall–Kier alpha value is -1.26. The Kier molecular flexibility index (Phi) is 4.23. The first-order valence-electron chi connectivity index (χ1n) is 5.66. The summed E-state index contributed by atoms with van der Waals surface area (Å²) in [6.45, 7) is 0.695. The van der Waals surface area contributed by atoms with Crippen molar-refractivity contribution in [3.05, 3.63) is 51.7 Å². The van der Waals surface area contributed by atoms with Crippen molar-refractivity contribution in [2.45, 2.75) is 19.3 Å². The van der Waals surface area contributed by atoms with E-state index in [0.29, 0.717) is 18.5 Å². The molecule has 0 unspecified atom stereocenters. The summed E-state index contributed by atoms with van der Waals surface area (Å²) in [5.74, 6) is -0.161. The van der Waals surface area contributed by atoms with Crippen LogP contribution in [0.4, 0.5) is 4.39 Å². The van der Waals surface area contributed by atoms with Crippen molar-refractivity contribution in [3.8, 4) is 0 Å². The van der Waals surface area contributed by atoms with Gasteiger partial charge in [0.05, 0.1) is 5.01 Å². The minimum absolute atomic E-state index is 0.161. The normalized spacial score (nSPS) is 10.7. The van der Waals surface area contributed by atoms with E-state index in [1.54, 1.807) is 23.5 Å². The molecule has 17 heavy (non-hydrogen) atoms. The molecule has 0 aliphatic heterocycles. The summed E-state index contributed by atoms with van der Waals surface area (Å²) in [5, 5.41) is 0.960. The molecule has 2 aromatic rings. The van der Waals surface area contributed by atoms with E-state index in [0.717, 1.165) is 17.8 Å². The molecule has 1 aromatic carbocycles. The number of rotatable bonds is 5. The van der Waals surface area contributed by atoms with Crippen molar-refractivity contribution < 1.29 is 4.39 Å². The number of aryl methyl sites for hydroxylation is 1. The van der Waals surface area contributed by atoms with Crippen LogP contribution in [0.1, 0.15) is 21.9 Å². The van der Waals surface area contributed by atoms with Gasteiger partial charge in [-0.2, -0.15) is 0 Å². The van der Waals surface area contributed by atoms with E-state index in [1.165, 1.54) is 10.9 Å². The van der Waals surface area contributed by atoms with Crippen LogP contribution in [0.2, 0.25) is 0 Å². The maximum absolute atomic E-state index is 13.4. The lowest BCUT2D eigenvalue weighted by Crippen LogP contribution is -1.99. The minimum atomic E-state index is -0.161. The first-order valence-corrected chi connectivity index (χ1v) is 6.48. The summed E-state index contributed by atoms with van der Waals surface area (Å²) in [6, 6.07) is 6.84. The number of hydrogen-bond acceptors (Lipinski definition) is 3. The molecule has 0 saturated heterocycles. The lowest BCUT2D eigenvalue weighted by Gasteiger charge is -1.99. The highest BCUT2D eigenvalue weighted by molar-refractivity contribution is 7.11. The van der Waals surface area contributed by atoms with Crippen molar-refractivity contribution in [2.75, 3.05) is 6.54 Å². The zero-order chi connectivity index (χ0) is 12.1. The molecule has 2 nitrogen and oxygen atoms in total. The zero-order valence-corrected chi connectivity index (χ0v) is 10.3. The summed E-state index contributed by atoms with van der Waals surface area (Å²) in [6.07, 6.45) is 4.38. The van der Waals surface area contributed by atoms with Gasteiger partial charge in [-0.1, -0.05) is 18.2 Å². The third-order valence-electron chi connectivity index (χ3n) is 2.53. The molecule has 0 aliphatic carbocycles. The van der Waals surface area contributed by atoms with Crippen molar-refractivity contribution >= 4 is 11.3 Å². The SMILES string of the molecule is NCCCc1cnc(Cc2ccccc2F)s1. The molecule has 1 heterocycles. The molecule has 1 aromatic heterocycles. The van der Waals surface area contributed by atoms with Gasteiger partial charge >= 0.3 is 0 Å². The summed E-state index contributed by atoms with van der Waals surface area (Å²) < 4.78 is 13.4. The molecule has 0 spiro atoms. The zero-order valence-electron chi connectivity index (χ0n) is 9.53. The third kappa shape index (κ3) is 3.35. The summed E-state index contributed by atoms with van der Waals surface area (Å²) in [5.41, 5.74) is 6.16. The second-order valence-corrected chi connectivity index (χ2v) is 5.08. The third-order valence-corrected chi connectivity index (χ3v) is 3.59. The molecule has 2 N–H and O–H groups in total. The Labute approximate surface area is 104 Å². The van der Waals surface area contributed by atoms with Crippen molar-refractivity contribution in [1.29, 1.82) is 0 Å². The number of halogens is 1. The number of nitrogens with two attached hydrogens (primary N) is 1. The molecule has 4 heteroatoms. The Morgan fingerprint density at radius 2 is 2.12 bits per heavy atom. The minimum Gasteiger partial charge on any atom is -0.330 e. The molecule has 0 amide bonds. The maximum Gasteiger partial charge on any atom is 0.126 e. The predicted molar refractivity (Wildman–Crippen MR) is 68.7 cm³/mol. The molecular formula is C13H15FN2S. The van der Waals surface area contributed by atoms with E-state index in [2.05, 4.69) is 4.98 Å². The van der Waals surface area contributed by atoms with Crippen LogP contribution in [0.5, 0.6) is 0 Å². The highest BCUT2D eigenvalue weighted by Gasteiger charge is 2.06. The highest BCUT2D eigenvalue weighted by atomic mass is 32.1. The number of benzene rings is 1. The van der Waals surface area contributed by atoms with Crippen molar-refractivity contribution in [3.63, 3.8) is 0 Å². The van der Waals surface area contributed by atoms with Gasteiger partial charge in [0.1, 0.15) is 5.82 Å². The van der Waals surface area contributed by atoms with E-state index in [9.17, 15) is 4.39 Å². The van der Waals surface area contributed by atoms with E-state index >= 15 is 0 Å². The van der Waals surface area contributed by atoms with E-state index in [-0.39, 0.29) is 5.82 Å². The quantitative estimate of drug-likeness (QED) is 0.886. The molecule has 2 rings (SSSR count). The molecule has 0 aliphatic rings. The predicted octanol–water partition coefficient (Wildman–Crippen LogP) is 2.76. The van der Waals surface area contributed by atoms with Crippen molar-refractivity contribution in [2.24, 2.45) is 5.73 Å². The Morgan fingerprint density at radius 3 is 2.88 bits per heavy atom. The largest absolute Gasteiger partial charge is 0.330 e. The van der Waals surface area contributed by atoms with E-state index in [4.69, 9.17) is 5.73 Å². The summed E-state index contributed by atoms with van der Waals surface area (Å²) in [4.78, 5) is 5.54. The Bertz CT molecular complexity index is 482. The van der Waals surface area contributed by atoms with Gasteiger partial charge in [0.15, 0.2) is 0 Å². The van der Waals surface area contributed by atoms with Gasteiger partial charge in [-0.05, 0) is 31.0 Å². The average Bonchev–Trinajstić information content (AvgIpc) is 2.77. The van der Waals surface area contributed by atoms with Gasteiger partial charge in [0, 0.05) is 17.5 Å². The number of aromatic nitrogens is 1. The summed E-state index contributed by atoms with van der Waals surface area (Å²) >= 11 is 1.64. The van der Waals surface area contributed by atoms with E-state index < -0.39 is 0 Å². The van der Waals surface area contributed by atoms with E-state index in [1.807, 2.05) is 12.3 Å². The average molecular weight is 250 g/mol. The van der Waals surface area contributed by atoms with Gasteiger partial charge < -0.3 is 5.73 Å². The fraction of sp³-hybridized carbons (Fsp3) is 0.308. The number of hydrogen-bond donors (Lipinski definition) is 1. The Morgan fingerprint density at radius 1 is 1.29 bits per heavy atom. The smallest absolute Gasteiger partial charge is 0.126 e. The lowest BCUT2D eigenvalue weighted by molar-refractivity contribution is 0.614.